The number of hydrogen-bond donors (Lipinski definition) is 0. The van der Waals surface area contributed by atoms with E-state index < -0.39 is 0 Å². The average molecular weight is 173 g/mol. The highest BCUT2D eigenvalue weighted by Gasteiger charge is 2.26. The van der Waals surface area contributed by atoms with Crippen molar-refractivity contribution in [3.63, 3.8) is 0 Å². The van der Waals surface area contributed by atoms with Crippen LogP contribution in [-0.4, -0.2) is 9.97 Å². The van der Waals surface area contributed by atoms with Gasteiger partial charge in [0.1, 0.15) is 0 Å². The molecule has 1 saturated carbocycles. The summed E-state index contributed by atoms with van der Waals surface area (Å²) in [6.45, 7) is 1.97. The van der Waals surface area contributed by atoms with Gasteiger partial charge in [0.15, 0.2) is 0 Å². The Hall–Kier alpha value is -1.43. The molecular weight excluding hydrogens is 162 g/mol. The molecule has 0 aromatic carbocycles. The fraction of sp³-hybridized carbons (Fsp3) is 0.500. The minimum atomic E-state index is 0.360. The lowest BCUT2D eigenvalue weighted by atomic mass is 10.2. The van der Waals surface area contributed by atoms with Crippen molar-refractivity contribution in [2.24, 2.45) is 0 Å². The summed E-state index contributed by atoms with van der Waals surface area (Å²) < 4.78 is 0. The van der Waals surface area contributed by atoms with Crippen molar-refractivity contribution < 1.29 is 0 Å². The first-order chi connectivity index (χ1) is 6.31. The van der Waals surface area contributed by atoms with Gasteiger partial charge in [0, 0.05) is 12.1 Å². The molecule has 0 unspecified atom stereocenters. The van der Waals surface area contributed by atoms with E-state index in [4.69, 9.17) is 5.26 Å². The Labute approximate surface area is 77.4 Å². The summed E-state index contributed by atoms with van der Waals surface area (Å²) in [7, 11) is 0. The van der Waals surface area contributed by atoms with E-state index in [0.717, 1.165) is 17.1 Å². The molecule has 1 aromatic rings. The van der Waals surface area contributed by atoms with E-state index in [9.17, 15) is 0 Å². The van der Waals surface area contributed by atoms with Gasteiger partial charge in [0.2, 0.25) is 0 Å². The molecule has 1 aromatic heterocycles. The monoisotopic (exact) mass is 173 g/mol. The fourth-order valence-electron chi connectivity index (χ4n) is 1.46. The maximum atomic E-state index is 8.48. The number of rotatable bonds is 2. The van der Waals surface area contributed by atoms with Gasteiger partial charge in [0.25, 0.3) is 0 Å². The normalized spacial score (nSPS) is 15.4. The molecule has 1 aliphatic rings. The summed E-state index contributed by atoms with van der Waals surface area (Å²) in [4.78, 5) is 8.68. The molecule has 1 heterocycles. The van der Waals surface area contributed by atoms with Gasteiger partial charge in [-0.1, -0.05) is 0 Å². The molecule has 0 atom stereocenters. The van der Waals surface area contributed by atoms with E-state index in [2.05, 4.69) is 16.0 Å². The zero-order chi connectivity index (χ0) is 9.26. The largest absolute Gasteiger partial charge is 0.257 e. The Balaban J connectivity index is 2.27. The zero-order valence-electron chi connectivity index (χ0n) is 7.62. The van der Waals surface area contributed by atoms with E-state index in [0.29, 0.717) is 12.3 Å². The third-order valence-corrected chi connectivity index (χ3v) is 2.26. The second kappa shape index (κ2) is 3.14. The topological polar surface area (TPSA) is 49.6 Å². The van der Waals surface area contributed by atoms with E-state index in [1.54, 1.807) is 6.20 Å². The number of aryl methyl sites for hydroxylation is 1. The van der Waals surface area contributed by atoms with Gasteiger partial charge in [-0.25, -0.2) is 0 Å². The molecule has 0 spiro atoms. The van der Waals surface area contributed by atoms with Gasteiger partial charge in [-0.2, -0.15) is 5.26 Å². The van der Waals surface area contributed by atoms with Crippen LogP contribution in [0.3, 0.4) is 0 Å². The quantitative estimate of drug-likeness (QED) is 0.684. The summed E-state index contributed by atoms with van der Waals surface area (Å²) in [6.07, 6.45) is 4.57. The van der Waals surface area contributed by atoms with Gasteiger partial charge in [0.05, 0.1) is 29.6 Å². The molecule has 0 amide bonds. The van der Waals surface area contributed by atoms with Crippen molar-refractivity contribution in [1.82, 2.24) is 9.97 Å². The molecule has 3 nitrogen and oxygen atoms in total. The summed E-state index contributed by atoms with van der Waals surface area (Å²) >= 11 is 0. The molecule has 0 saturated heterocycles. The lowest BCUT2D eigenvalue weighted by Gasteiger charge is -2.02. The smallest absolute Gasteiger partial charge is 0.0790 e. The summed E-state index contributed by atoms with van der Waals surface area (Å²) in [5, 5.41) is 8.48. The minimum absolute atomic E-state index is 0.360. The molecule has 0 radical (unpaired) electrons. The van der Waals surface area contributed by atoms with Gasteiger partial charge in [-0.3, -0.25) is 9.97 Å². The van der Waals surface area contributed by atoms with Crippen LogP contribution in [0.25, 0.3) is 0 Å². The van der Waals surface area contributed by atoms with E-state index in [1.807, 2.05) is 6.92 Å². The highest BCUT2D eigenvalue weighted by Crippen LogP contribution is 2.39. The van der Waals surface area contributed by atoms with Crippen molar-refractivity contribution in [2.45, 2.75) is 32.1 Å². The number of hydrogen-bond acceptors (Lipinski definition) is 3. The van der Waals surface area contributed by atoms with Crippen LogP contribution in [0.15, 0.2) is 6.20 Å². The molecular formula is C10H11N3. The van der Waals surface area contributed by atoms with Crippen LogP contribution in [0, 0.1) is 18.3 Å². The molecule has 0 bridgehead atoms. The number of aromatic nitrogens is 2. The molecule has 2 rings (SSSR count). The first-order valence-electron chi connectivity index (χ1n) is 4.50. The number of nitrogens with zero attached hydrogens (tertiary/aromatic N) is 3. The van der Waals surface area contributed by atoms with Gasteiger partial charge < -0.3 is 0 Å². The molecule has 1 aliphatic carbocycles. The molecule has 0 N–H and O–H groups in total. The average Bonchev–Trinajstić information content (AvgIpc) is 2.88. The van der Waals surface area contributed by atoms with E-state index in [-0.39, 0.29) is 0 Å². The first-order valence-corrected chi connectivity index (χ1v) is 4.50. The second-order valence-corrected chi connectivity index (χ2v) is 3.44. The Morgan fingerprint density at radius 2 is 2.38 bits per heavy atom. The second-order valence-electron chi connectivity index (χ2n) is 3.44. The Kier molecular flexibility index (Phi) is 1.97. The van der Waals surface area contributed by atoms with Crippen molar-refractivity contribution in [2.75, 3.05) is 0 Å². The third-order valence-electron chi connectivity index (χ3n) is 2.26. The lowest BCUT2D eigenvalue weighted by Crippen LogP contribution is -1.99. The molecule has 66 valence electrons. The van der Waals surface area contributed by atoms with Crippen molar-refractivity contribution in [3.8, 4) is 6.07 Å². The highest BCUT2D eigenvalue weighted by molar-refractivity contribution is 5.21. The molecule has 0 aliphatic heterocycles. The summed E-state index contributed by atoms with van der Waals surface area (Å²) in [6, 6.07) is 2.07. The lowest BCUT2D eigenvalue weighted by molar-refractivity contribution is 0.912. The van der Waals surface area contributed by atoms with Crippen LogP contribution < -0.4 is 0 Å². The van der Waals surface area contributed by atoms with E-state index >= 15 is 0 Å². The highest BCUT2D eigenvalue weighted by atomic mass is 14.8. The van der Waals surface area contributed by atoms with Crippen molar-refractivity contribution in [3.05, 3.63) is 23.3 Å². The third kappa shape index (κ3) is 1.67. The Morgan fingerprint density at radius 3 is 2.92 bits per heavy atom. The van der Waals surface area contributed by atoms with Crippen molar-refractivity contribution in [1.29, 1.82) is 5.26 Å². The van der Waals surface area contributed by atoms with Crippen LogP contribution in [0.5, 0.6) is 0 Å². The molecule has 13 heavy (non-hydrogen) atoms. The summed E-state index contributed by atoms with van der Waals surface area (Å²) in [5.74, 6) is 0.642. The first kappa shape index (κ1) is 8.18. The van der Waals surface area contributed by atoms with Crippen LogP contribution in [0.1, 0.15) is 35.8 Å². The van der Waals surface area contributed by atoms with Crippen LogP contribution >= 0.6 is 0 Å². The maximum absolute atomic E-state index is 8.48. The zero-order valence-corrected chi connectivity index (χ0v) is 7.62. The van der Waals surface area contributed by atoms with Gasteiger partial charge in [-0.05, 0) is 19.8 Å². The molecule has 1 fully saturated rings. The standard InChI is InChI=1S/C10H11N3/c1-7-10(8-2-3-8)12-6-9(13-7)4-5-11/h6,8H,2-4H2,1H3. The fourth-order valence-corrected chi connectivity index (χ4v) is 1.46. The molecule has 3 heteroatoms. The summed E-state index contributed by atoms with van der Waals surface area (Å²) in [5.41, 5.74) is 2.90. The van der Waals surface area contributed by atoms with Crippen LogP contribution in [-0.2, 0) is 6.42 Å². The van der Waals surface area contributed by atoms with E-state index in [1.165, 1.54) is 12.8 Å². The van der Waals surface area contributed by atoms with Gasteiger partial charge in [-0.15, -0.1) is 0 Å². The predicted molar refractivity (Wildman–Crippen MR) is 48.1 cm³/mol. The maximum Gasteiger partial charge on any atom is 0.0790 e. The minimum Gasteiger partial charge on any atom is -0.257 e. The predicted octanol–water partition coefficient (Wildman–Crippen LogP) is 1.73. The van der Waals surface area contributed by atoms with Crippen LogP contribution in [0.4, 0.5) is 0 Å². The Morgan fingerprint density at radius 1 is 1.62 bits per heavy atom. The SMILES string of the molecule is Cc1nc(CC#N)cnc1C1CC1. The van der Waals surface area contributed by atoms with Gasteiger partial charge >= 0.3 is 0 Å². The van der Waals surface area contributed by atoms with Crippen LogP contribution in [0.2, 0.25) is 0 Å². The Bertz CT molecular complexity index is 361. The van der Waals surface area contributed by atoms with Crippen molar-refractivity contribution >= 4 is 0 Å². The number of nitriles is 1.